The predicted molar refractivity (Wildman–Crippen MR) is 37.7 cm³/mol. The molecule has 0 aromatic carbocycles. The summed E-state index contributed by atoms with van der Waals surface area (Å²) < 4.78 is 0. The van der Waals surface area contributed by atoms with Crippen LogP contribution in [-0.2, 0) is 33.9 Å². The molecule has 72 valence electrons. The minimum Gasteiger partial charge on any atom is -0.550 e. The van der Waals surface area contributed by atoms with Crippen molar-refractivity contribution in [2.45, 2.75) is 27.7 Å². The summed E-state index contributed by atoms with van der Waals surface area (Å²) >= 11 is 0. The number of rotatable bonds is 0. The maximum absolute atomic E-state index is 9.44. The second kappa shape index (κ2) is 17.4. The number of carbonyl (C=O) groups is 3. The second-order valence-electron chi connectivity index (χ2n) is 1.89. The number of carbonyl (C=O) groups excluding carboxylic acids is 3. The first-order valence-corrected chi connectivity index (χ1v) is 3.02. The van der Waals surface area contributed by atoms with Crippen molar-refractivity contribution in [3.63, 3.8) is 0 Å². The predicted octanol–water partition coefficient (Wildman–Crippen LogP) is -1.89. The van der Waals surface area contributed by atoms with Crippen LogP contribution >= 0.6 is 0 Å². The number of ketones is 1. The van der Waals surface area contributed by atoms with E-state index in [0.29, 0.717) is 0 Å². The van der Waals surface area contributed by atoms with Gasteiger partial charge in [0.15, 0.2) is 0 Å². The first-order valence-electron chi connectivity index (χ1n) is 3.02. The van der Waals surface area contributed by atoms with Gasteiger partial charge in [0.2, 0.25) is 0 Å². The second-order valence-corrected chi connectivity index (χ2v) is 1.89. The van der Waals surface area contributed by atoms with Crippen molar-refractivity contribution in [3.05, 3.63) is 0 Å². The molecule has 0 aromatic heterocycles. The van der Waals surface area contributed by atoms with Gasteiger partial charge in [0.05, 0.1) is 0 Å². The molecule has 0 heterocycles. The Morgan fingerprint density at radius 2 is 0.769 bits per heavy atom. The van der Waals surface area contributed by atoms with Crippen molar-refractivity contribution in [1.29, 1.82) is 0 Å². The first-order chi connectivity index (χ1) is 5.20. The Hall–Kier alpha value is -0.767. The maximum atomic E-state index is 9.44. The SMILES string of the molecule is CC(=O)[O-].CC(=O)[O-].CC(C)=O.[Zn+2]. The van der Waals surface area contributed by atoms with Gasteiger partial charge in [-0.1, -0.05) is 0 Å². The fourth-order valence-corrected chi connectivity index (χ4v) is 0. The van der Waals surface area contributed by atoms with Crippen molar-refractivity contribution in [3.8, 4) is 0 Å². The van der Waals surface area contributed by atoms with E-state index in [9.17, 15) is 4.79 Å². The van der Waals surface area contributed by atoms with E-state index in [1.807, 2.05) is 0 Å². The van der Waals surface area contributed by atoms with Gasteiger partial charge in [-0.05, 0) is 27.7 Å². The van der Waals surface area contributed by atoms with Crippen LogP contribution in [0.2, 0.25) is 0 Å². The zero-order chi connectivity index (χ0) is 10.7. The van der Waals surface area contributed by atoms with Gasteiger partial charge in [0.25, 0.3) is 0 Å². The minimum absolute atomic E-state index is 0. The molecule has 0 radical (unpaired) electrons. The Labute approximate surface area is 89.9 Å². The summed E-state index contributed by atoms with van der Waals surface area (Å²) in [5, 5.41) is 17.8. The standard InChI is InChI=1S/C3H6O.2C2H4O2.Zn/c1-3(2)4;2*1-2(3)4;/h1-2H3;2*1H3,(H,3,4);/q;;;+2/p-2. The minimum atomic E-state index is -1.08. The third-order valence-electron chi connectivity index (χ3n) is 0. The van der Waals surface area contributed by atoms with Crippen LogP contribution in [0.3, 0.4) is 0 Å². The number of Topliss-reactive ketones (excluding diaryl/α,β-unsaturated/α-hetero) is 1. The van der Waals surface area contributed by atoms with E-state index in [1.165, 1.54) is 13.8 Å². The topological polar surface area (TPSA) is 97.3 Å². The number of aliphatic carboxylic acids is 2. The summed E-state index contributed by atoms with van der Waals surface area (Å²) in [6.07, 6.45) is 0. The number of carboxylic acid groups (broad SMARTS) is 2. The molecule has 0 spiro atoms. The van der Waals surface area contributed by atoms with Gasteiger partial charge in [-0.25, -0.2) is 0 Å². The monoisotopic (exact) mass is 240 g/mol. The Bertz CT molecular complexity index is 114. The normalized spacial score (nSPS) is 5.85. The third-order valence-corrected chi connectivity index (χ3v) is 0. The third kappa shape index (κ3) is 1630. The van der Waals surface area contributed by atoms with Crippen LogP contribution in [-0.4, -0.2) is 17.7 Å². The molecular formula is C7H12O5Zn. The number of hydrogen-bond acceptors (Lipinski definition) is 5. The van der Waals surface area contributed by atoms with Crippen LogP contribution in [0.1, 0.15) is 27.7 Å². The van der Waals surface area contributed by atoms with Crippen LogP contribution in [0.25, 0.3) is 0 Å². The average Bonchev–Trinajstić information content (AvgIpc) is 1.54. The fraction of sp³-hybridized carbons (Fsp3) is 0.571. The quantitative estimate of drug-likeness (QED) is 0.462. The van der Waals surface area contributed by atoms with E-state index in [4.69, 9.17) is 19.8 Å². The van der Waals surface area contributed by atoms with E-state index in [0.717, 1.165) is 13.8 Å². The van der Waals surface area contributed by atoms with Gasteiger partial charge < -0.3 is 24.6 Å². The molecule has 0 atom stereocenters. The molecular weight excluding hydrogens is 229 g/mol. The molecule has 0 aliphatic rings. The zero-order valence-corrected chi connectivity index (χ0v) is 11.2. The molecule has 0 saturated carbocycles. The van der Waals surface area contributed by atoms with E-state index >= 15 is 0 Å². The Morgan fingerprint density at radius 1 is 0.769 bits per heavy atom. The molecule has 0 aliphatic heterocycles. The van der Waals surface area contributed by atoms with Crippen molar-refractivity contribution in [2.24, 2.45) is 0 Å². The van der Waals surface area contributed by atoms with Gasteiger partial charge in [0.1, 0.15) is 5.78 Å². The van der Waals surface area contributed by atoms with E-state index < -0.39 is 11.9 Å². The summed E-state index contributed by atoms with van der Waals surface area (Å²) in [7, 11) is 0. The van der Waals surface area contributed by atoms with E-state index in [1.54, 1.807) is 0 Å². The maximum Gasteiger partial charge on any atom is 2.00 e. The van der Waals surface area contributed by atoms with Gasteiger partial charge in [-0.3, -0.25) is 0 Å². The van der Waals surface area contributed by atoms with Gasteiger partial charge >= 0.3 is 19.5 Å². The van der Waals surface area contributed by atoms with Crippen LogP contribution in [0.4, 0.5) is 0 Å². The largest absolute Gasteiger partial charge is 2.00 e. The molecule has 5 nitrogen and oxygen atoms in total. The molecule has 13 heavy (non-hydrogen) atoms. The average molecular weight is 242 g/mol. The Morgan fingerprint density at radius 3 is 0.769 bits per heavy atom. The zero-order valence-electron chi connectivity index (χ0n) is 8.25. The Balaban J connectivity index is -0.0000000450. The summed E-state index contributed by atoms with van der Waals surface area (Å²) in [6, 6.07) is 0. The van der Waals surface area contributed by atoms with Gasteiger partial charge in [-0.2, -0.15) is 0 Å². The molecule has 6 heteroatoms. The van der Waals surface area contributed by atoms with Crippen molar-refractivity contribution in [2.75, 3.05) is 0 Å². The molecule has 0 aromatic rings. The molecule has 0 bridgehead atoms. The van der Waals surface area contributed by atoms with Crippen LogP contribution < -0.4 is 10.2 Å². The number of hydrogen-bond donors (Lipinski definition) is 0. The van der Waals surface area contributed by atoms with Gasteiger partial charge in [-0.15, -0.1) is 0 Å². The summed E-state index contributed by atoms with van der Waals surface area (Å²) in [5.41, 5.74) is 0. The first kappa shape index (κ1) is 22.8. The van der Waals surface area contributed by atoms with Gasteiger partial charge in [0, 0.05) is 11.9 Å². The summed E-state index contributed by atoms with van der Waals surface area (Å²) in [5.74, 6) is -2.00. The van der Waals surface area contributed by atoms with Crippen molar-refractivity contribution < 1.29 is 44.1 Å². The van der Waals surface area contributed by atoms with E-state index in [2.05, 4.69) is 0 Å². The Kier molecular flexibility index (Phi) is 30.4. The van der Waals surface area contributed by atoms with Crippen molar-refractivity contribution >= 4 is 17.7 Å². The summed E-state index contributed by atoms with van der Waals surface area (Å²) in [6.45, 7) is 5.00. The molecule has 0 fully saturated rings. The van der Waals surface area contributed by atoms with Crippen LogP contribution in [0.5, 0.6) is 0 Å². The molecule has 0 saturated heterocycles. The molecule has 0 rings (SSSR count). The fourth-order valence-electron chi connectivity index (χ4n) is 0. The molecule has 0 N–H and O–H groups in total. The van der Waals surface area contributed by atoms with E-state index in [-0.39, 0.29) is 25.3 Å². The molecule has 0 aliphatic carbocycles. The molecule has 0 amide bonds. The van der Waals surface area contributed by atoms with Crippen molar-refractivity contribution in [1.82, 2.24) is 0 Å². The summed E-state index contributed by atoms with van der Waals surface area (Å²) in [4.78, 5) is 27.2. The molecule has 0 unspecified atom stereocenters. The smallest absolute Gasteiger partial charge is 0.550 e. The van der Waals surface area contributed by atoms with Crippen LogP contribution in [0.15, 0.2) is 0 Å². The van der Waals surface area contributed by atoms with Crippen LogP contribution in [0, 0.1) is 0 Å². The number of carboxylic acids is 2.